The fourth-order valence-electron chi connectivity index (χ4n) is 1.79. The Bertz CT molecular complexity index is 233. The van der Waals surface area contributed by atoms with Crippen molar-refractivity contribution in [2.24, 2.45) is 11.8 Å². The molecule has 3 nitrogen and oxygen atoms in total. The second kappa shape index (κ2) is 5.83. The molecule has 14 heavy (non-hydrogen) atoms. The van der Waals surface area contributed by atoms with Crippen LogP contribution >= 0.6 is 0 Å². The summed E-state index contributed by atoms with van der Waals surface area (Å²) in [5.74, 6) is 6.21. The lowest BCUT2D eigenvalue weighted by Crippen LogP contribution is -2.29. The van der Waals surface area contributed by atoms with Crippen molar-refractivity contribution in [2.75, 3.05) is 0 Å². The molecule has 2 unspecified atom stereocenters. The Morgan fingerprint density at radius 2 is 2.36 bits per heavy atom. The monoisotopic (exact) mass is 196 g/mol. The van der Waals surface area contributed by atoms with Crippen molar-refractivity contribution in [3.8, 4) is 0 Å². The van der Waals surface area contributed by atoms with Gasteiger partial charge in [-0.3, -0.25) is 11.3 Å². The molecule has 0 saturated heterocycles. The summed E-state index contributed by atoms with van der Waals surface area (Å²) in [5, 5.41) is 0. The lowest BCUT2D eigenvalue weighted by molar-refractivity contribution is 0.392. The Labute approximate surface area is 85.6 Å². The maximum absolute atomic E-state index is 5.52. The SMILES string of the molecule is CCCC(C)CC(NN)c1ccoc1. The van der Waals surface area contributed by atoms with Gasteiger partial charge in [0.15, 0.2) is 0 Å². The summed E-state index contributed by atoms with van der Waals surface area (Å²) in [4.78, 5) is 0. The average Bonchev–Trinajstić information content (AvgIpc) is 2.67. The summed E-state index contributed by atoms with van der Waals surface area (Å²) < 4.78 is 5.04. The van der Waals surface area contributed by atoms with Gasteiger partial charge in [-0.05, 0) is 18.4 Å². The van der Waals surface area contributed by atoms with Crippen molar-refractivity contribution < 1.29 is 4.42 Å². The van der Waals surface area contributed by atoms with Gasteiger partial charge in [0.05, 0.1) is 12.5 Å². The molecule has 0 aromatic carbocycles. The fourth-order valence-corrected chi connectivity index (χ4v) is 1.79. The first-order chi connectivity index (χ1) is 6.77. The first-order valence-electron chi connectivity index (χ1n) is 5.26. The second-order valence-corrected chi connectivity index (χ2v) is 3.91. The van der Waals surface area contributed by atoms with Gasteiger partial charge in [0.1, 0.15) is 0 Å². The number of hydrogen-bond acceptors (Lipinski definition) is 3. The van der Waals surface area contributed by atoms with E-state index in [0.717, 1.165) is 12.0 Å². The van der Waals surface area contributed by atoms with E-state index in [1.807, 2.05) is 6.07 Å². The van der Waals surface area contributed by atoms with Crippen molar-refractivity contribution >= 4 is 0 Å². The zero-order valence-corrected chi connectivity index (χ0v) is 8.99. The molecule has 0 aliphatic heterocycles. The second-order valence-electron chi connectivity index (χ2n) is 3.91. The maximum atomic E-state index is 5.52. The normalized spacial score (nSPS) is 15.4. The molecule has 0 aliphatic carbocycles. The minimum Gasteiger partial charge on any atom is -0.472 e. The number of hydrazine groups is 1. The molecular formula is C11H20N2O. The van der Waals surface area contributed by atoms with E-state index in [4.69, 9.17) is 10.3 Å². The summed E-state index contributed by atoms with van der Waals surface area (Å²) in [5.41, 5.74) is 3.97. The molecule has 0 aliphatic rings. The number of nitrogens with one attached hydrogen (secondary N) is 1. The van der Waals surface area contributed by atoms with Gasteiger partial charge in [0.2, 0.25) is 0 Å². The third-order valence-electron chi connectivity index (χ3n) is 2.57. The van der Waals surface area contributed by atoms with Crippen LogP contribution in [0.15, 0.2) is 23.0 Å². The van der Waals surface area contributed by atoms with Crippen molar-refractivity contribution in [2.45, 2.75) is 39.2 Å². The van der Waals surface area contributed by atoms with Crippen LogP contribution in [0, 0.1) is 5.92 Å². The Hall–Kier alpha value is -0.800. The number of nitrogens with two attached hydrogens (primary N) is 1. The van der Waals surface area contributed by atoms with Gasteiger partial charge in [-0.1, -0.05) is 26.7 Å². The molecule has 1 rings (SSSR count). The highest BCUT2D eigenvalue weighted by atomic mass is 16.3. The molecule has 2 atom stereocenters. The molecule has 0 bridgehead atoms. The highest BCUT2D eigenvalue weighted by molar-refractivity contribution is 5.11. The highest BCUT2D eigenvalue weighted by Gasteiger charge is 2.14. The minimum absolute atomic E-state index is 0.218. The van der Waals surface area contributed by atoms with Crippen molar-refractivity contribution in [1.29, 1.82) is 0 Å². The maximum Gasteiger partial charge on any atom is 0.0950 e. The van der Waals surface area contributed by atoms with Crippen LogP contribution in [0.3, 0.4) is 0 Å². The number of hydrogen-bond donors (Lipinski definition) is 2. The zero-order valence-electron chi connectivity index (χ0n) is 8.99. The topological polar surface area (TPSA) is 51.2 Å². The molecule has 1 heterocycles. The van der Waals surface area contributed by atoms with Crippen LogP contribution in [-0.2, 0) is 0 Å². The van der Waals surface area contributed by atoms with E-state index in [2.05, 4.69) is 19.3 Å². The van der Waals surface area contributed by atoms with Crippen LogP contribution in [0.25, 0.3) is 0 Å². The van der Waals surface area contributed by atoms with Gasteiger partial charge in [-0.2, -0.15) is 0 Å². The quantitative estimate of drug-likeness (QED) is 0.543. The molecule has 0 spiro atoms. The predicted molar refractivity (Wildman–Crippen MR) is 57.5 cm³/mol. The van der Waals surface area contributed by atoms with Gasteiger partial charge in [-0.25, -0.2) is 0 Å². The van der Waals surface area contributed by atoms with Crippen LogP contribution < -0.4 is 11.3 Å². The van der Waals surface area contributed by atoms with E-state index in [1.165, 1.54) is 12.8 Å². The first-order valence-corrected chi connectivity index (χ1v) is 5.26. The summed E-state index contributed by atoms with van der Waals surface area (Å²) in [6.07, 6.45) is 6.97. The standard InChI is InChI=1S/C11H20N2O/c1-3-4-9(2)7-11(13-12)10-5-6-14-8-10/h5-6,8-9,11,13H,3-4,7,12H2,1-2H3. The van der Waals surface area contributed by atoms with Gasteiger partial charge >= 0.3 is 0 Å². The molecule has 0 amide bonds. The van der Waals surface area contributed by atoms with Crippen LogP contribution in [0.1, 0.15) is 44.7 Å². The number of furan rings is 1. The molecule has 1 aromatic heterocycles. The van der Waals surface area contributed by atoms with Crippen molar-refractivity contribution in [1.82, 2.24) is 5.43 Å². The lowest BCUT2D eigenvalue weighted by Gasteiger charge is -2.18. The minimum atomic E-state index is 0.218. The van der Waals surface area contributed by atoms with Crippen molar-refractivity contribution in [3.05, 3.63) is 24.2 Å². The first kappa shape index (κ1) is 11.3. The Kier molecular flexibility index (Phi) is 4.70. The third kappa shape index (κ3) is 3.16. The molecule has 3 heteroatoms. The average molecular weight is 196 g/mol. The van der Waals surface area contributed by atoms with Crippen LogP contribution in [0.2, 0.25) is 0 Å². The summed E-state index contributed by atoms with van der Waals surface area (Å²) in [6.45, 7) is 4.47. The molecule has 1 aromatic rings. The largest absolute Gasteiger partial charge is 0.472 e. The van der Waals surface area contributed by atoms with E-state index in [1.54, 1.807) is 12.5 Å². The molecule has 0 saturated carbocycles. The summed E-state index contributed by atoms with van der Waals surface area (Å²) in [7, 11) is 0. The molecule has 0 radical (unpaired) electrons. The molecule has 80 valence electrons. The van der Waals surface area contributed by atoms with Gasteiger partial charge in [0, 0.05) is 11.6 Å². The van der Waals surface area contributed by atoms with Crippen LogP contribution in [-0.4, -0.2) is 0 Å². The summed E-state index contributed by atoms with van der Waals surface area (Å²) in [6, 6.07) is 2.18. The van der Waals surface area contributed by atoms with Gasteiger partial charge < -0.3 is 4.42 Å². The molecule has 0 fully saturated rings. The fraction of sp³-hybridized carbons (Fsp3) is 0.636. The van der Waals surface area contributed by atoms with E-state index in [-0.39, 0.29) is 6.04 Å². The molecular weight excluding hydrogens is 176 g/mol. The van der Waals surface area contributed by atoms with Crippen molar-refractivity contribution in [3.63, 3.8) is 0 Å². The zero-order chi connectivity index (χ0) is 10.4. The van der Waals surface area contributed by atoms with E-state index < -0.39 is 0 Å². The van der Waals surface area contributed by atoms with E-state index >= 15 is 0 Å². The van der Waals surface area contributed by atoms with Crippen LogP contribution in [0.5, 0.6) is 0 Å². The Balaban J connectivity index is 2.47. The Morgan fingerprint density at radius 3 is 2.86 bits per heavy atom. The highest BCUT2D eigenvalue weighted by Crippen LogP contribution is 2.23. The Morgan fingerprint density at radius 1 is 1.57 bits per heavy atom. The smallest absolute Gasteiger partial charge is 0.0950 e. The van der Waals surface area contributed by atoms with E-state index in [0.29, 0.717) is 5.92 Å². The van der Waals surface area contributed by atoms with E-state index in [9.17, 15) is 0 Å². The number of rotatable bonds is 6. The molecule has 3 N–H and O–H groups in total. The van der Waals surface area contributed by atoms with Gasteiger partial charge in [0.25, 0.3) is 0 Å². The van der Waals surface area contributed by atoms with Gasteiger partial charge in [-0.15, -0.1) is 0 Å². The van der Waals surface area contributed by atoms with Crippen LogP contribution in [0.4, 0.5) is 0 Å². The third-order valence-corrected chi connectivity index (χ3v) is 2.57. The lowest BCUT2D eigenvalue weighted by atomic mass is 9.95. The summed E-state index contributed by atoms with van der Waals surface area (Å²) >= 11 is 0. The predicted octanol–water partition coefficient (Wildman–Crippen LogP) is 2.61.